The minimum atomic E-state index is -0.360. The minimum Gasteiger partial charge on any atom is -0.304 e. The summed E-state index contributed by atoms with van der Waals surface area (Å²) in [5, 5.41) is 14.3. The van der Waals surface area contributed by atoms with Crippen molar-refractivity contribution < 1.29 is 4.92 Å². The van der Waals surface area contributed by atoms with Crippen molar-refractivity contribution in [3.05, 3.63) is 75.3 Å². The normalized spacial score (nSPS) is 13.7. The molecular weight excluding hydrogens is 264 g/mol. The van der Waals surface area contributed by atoms with Crippen molar-refractivity contribution in [2.45, 2.75) is 32.9 Å². The molecular formula is C17H20N2O2. The fourth-order valence-electron chi connectivity index (χ4n) is 2.54. The topological polar surface area (TPSA) is 55.2 Å². The summed E-state index contributed by atoms with van der Waals surface area (Å²) in [7, 11) is 0. The van der Waals surface area contributed by atoms with Gasteiger partial charge in [0.05, 0.1) is 4.92 Å². The summed E-state index contributed by atoms with van der Waals surface area (Å²) in [4.78, 5) is 10.5. The van der Waals surface area contributed by atoms with Gasteiger partial charge in [0.1, 0.15) is 0 Å². The van der Waals surface area contributed by atoms with Crippen LogP contribution in [0.5, 0.6) is 0 Å². The molecule has 2 atom stereocenters. The zero-order chi connectivity index (χ0) is 15.4. The number of hydrogen-bond acceptors (Lipinski definition) is 3. The Kier molecular flexibility index (Phi) is 4.70. The number of nitro groups is 1. The fraction of sp³-hybridized carbons (Fsp3) is 0.294. The summed E-state index contributed by atoms with van der Waals surface area (Å²) in [5.74, 6) is 0. The lowest BCUT2D eigenvalue weighted by Crippen LogP contribution is -2.23. The molecule has 0 aliphatic rings. The van der Waals surface area contributed by atoms with E-state index in [9.17, 15) is 10.1 Å². The Hall–Kier alpha value is -2.20. The van der Waals surface area contributed by atoms with Gasteiger partial charge in [0, 0.05) is 24.2 Å². The van der Waals surface area contributed by atoms with Gasteiger partial charge in [0.25, 0.3) is 5.69 Å². The van der Waals surface area contributed by atoms with Crippen molar-refractivity contribution in [2.75, 3.05) is 0 Å². The molecule has 4 nitrogen and oxygen atoms in total. The van der Waals surface area contributed by atoms with Crippen LogP contribution in [0.25, 0.3) is 0 Å². The van der Waals surface area contributed by atoms with Gasteiger partial charge in [-0.2, -0.15) is 0 Å². The number of non-ortho nitro benzene ring substituents is 1. The van der Waals surface area contributed by atoms with Gasteiger partial charge in [0.2, 0.25) is 0 Å². The molecule has 0 aromatic heterocycles. The highest BCUT2D eigenvalue weighted by atomic mass is 16.6. The van der Waals surface area contributed by atoms with E-state index in [0.717, 1.165) is 5.56 Å². The molecule has 0 saturated carbocycles. The van der Waals surface area contributed by atoms with Crippen molar-refractivity contribution in [1.82, 2.24) is 5.32 Å². The molecule has 2 aromatic carbocycles. The maximum Gasteiger partial charge on any atom is 0.269 e. The molecule has 4 heteroatoms. The van der Waals surface area contributed by atoms with E-state index in [-0.39, 0.29) is 22.7 Å². The van der Waals surface area contributed by atoms with E-state index in [1.165, 1.54) is 17.2 Å². The summed E-state index contributed by atoms with van der Waals surface area (Å²) in [5.41, 5.74) is 3.54. The highest BCUT2D eigenvalue weighted by molar-refractivity contribution is 5.36. The number of hydrogen-bond donors (Lipinski definition) is 1. The predicted molar refractivity (Wildman–Crippen MR) is 84.2 cm³/mol. The lowest BCUT2D eigenvalue weighted by molar-refractivity contribution is -0.384. The molecule has 0 aliphatic heterocycles. The van der Waals surface area contributed by atoms with Crippen LogP contribution < -0.4 is 5.32 Å². The maximum absolute atomic E-state index is 10.8. The van der Waals surface area contributed by atoms with Gasteiger partial charge < -0.3 is 5.32 Å². The van der Waals surface area contributed by atoms with Crippen LogP contribution in [-0.2, 0) is 0 Å². The number of benzene rings is 2. The van der Waals surface area contributed by atoms with E-state index in [2.05, 4.69) is 31.3 Å². The average molecular weight is 284 g/mol. The third-order valence-corrected chi connectivity index (χ3v) is 3.74. The molecule has 0 radical (unpaired) electrons. The largest absolute Gasteiger partial charge is 0.304 e. The van der Waals surface area contributed by atoms with Gasteiger partial charge in [0.15, 0.2) is 0 Å². The van der Waals surface area contributed by atoms with Gasteiger partial charge >= 0.3 is 0 Å². The zero-order valence-corrected chi connectivity index (χ0v) is 12.5. The highest BCUT2D eigenvalue weighted by Gasteiger charge is 2.14. The first kappa shape index (κ1) is 15.2. The Balaban J connectivity index is 2.14. The van der Waals surface area contributed by atoms with Crippen LogP contribution in [0.1, 0.15) is 42.6 Å². The first-order chi connectivity index (χ1) is 9.99. The summed E-state index contributed by atoms with van der Waals surface area (Å²) >= 11 is 0. The summed E-state index contributed by atoms with van der Waals surface area (Å²) < 4.78 is 0. The molecule has 0 amide bonds. The Labute approximate surface area is 125 Å². The second kappa shape index (κ2) is 6.50. The second-order valence-corrected chi connectivity index (χ2v) is 5.32. The van der Waals surface area contributed by atoms with Crippen LogP contribution in [-0.4, -0.2) is 4.92 Å². The summed E-state index contributed by atoms with van der Waals surface area (Å²) in [6.07, 6.45) is 0. The van der Waals surface area contributed by atoms with Crippen molar-refractivity contribution in [3.8, 4) is 0 Å². The summed E-state index contributed by atoms with van der Waals surface area (Å²) in [6.45, 7) is 6.22. The van der Waals surface area contributed by atoms with Crippen LogP contribution in [0.4, 0.5) is 5.69 Å². The fourth-order valence-corrected chi connectivity index (χ4v) is 2.54. The predicted octanol–water partition coefficient (Wildman–Crippen LogP) is 4.32. The molecule has 2 aromatic rings. The molecule has 21 heavy (non-hydrogen) atoms. The van der Waals surface area contributed by atoms with Crippen molar-refractivity contribution in [1.29, 1.82) is 0 Å². The Morgan fingerprint density at radius 1 is 1.05 bits per heavy atom. The minimum absolute atomic E-state index is 0.0412. The number of aryl methyl sites for hydroxylation is 1. The second-order valence-electron chi connectivity index (χ2n) is 5.32. The van der Waals surface area contributed by atoms with E-state index in [0.29, 0.717) is 0 Å². The molecule has 2 rings (SSSR count). The molecule has 1 N–H and O–H groups in total. The molecule has 0 saturated heterocycles. The molecule has 0 fully saturated rings. The first-order valence-electron chi connectivity index (χ1n) is 7.05. The Morgan fingerprint density at radius 3 is 2.43 bits per heavy atom. The molecule has 0 heterocycles. The number of nitrogens with one attached hydrogen (secondary N) is 1. The molecule has 0 spiro atoms. The molecule has 0 aliphatic carbocycles. The zero-order valence-electron chi connectivity index (χ0n) is 12.5. The molecule has 110 valence electrons. The van der Waals surface area contributed by atoms with E-state index < -0.39 is 0 Å². The smallest absolute Gasteiger partial charge is 0.269 e. The van der Waals surface area contributed by atoms with E-state index in [1.807, 2.05) is 25.1 Å². The van der Waals surface area contributed by atoms with Crippen LogP contribution in [0.3, 0.4) is 0 Å². The lowest BCUT2D eigenvalue weighted by Gasteiger charge is -2.22. The molecule has 0 bridgehead atoms. The average Bonchev–Trinajstić information content (AvgIpc) is 2.47. The standard InChI is InChI=1S/C17H20N2O2/c1-12-7-4-5-10-17(12)14(3)18-13(2)15-8-6-9-16(11-15)19(20)21/h4-11,13-14,18H,1-3H3/t13?,14-/m0/s1. The third kappa shape index (κ3) is 3.67. The third-order valence-electron chi connectivity index (χ3n) is 3.74. The van der Waals surface area contributed by atoms with Crippen molar-refractivity contribution >= 4 is 5.69 Å². The number of nitro benzene ring substituents is 1. The van der Waals surface area contributed by atoms with Crippen molar-refractivity contribution in [3.63, 3.8) is 0 Å². The highest BCUT2D eigenvalue weighted by Crippen LogP contribution is 2.23. The van der Waals surface area contributed by atoms with Gasteiger partial charge in [-0.15, -0.1) is 0 Å². The van der Waals surface area contributed by atoms with E-state index >= 15 is 0 Å². The van der Waals surface area contributed by atoms with Gasteiger partial charge in [-0.25, -0.2) is 0 Å². The Bertz CT molecular complexity index is 640. The van der Waals surface area contributed by atoms with Gasteiger partial charge in [-0.05, 0) is 37.5 Å². The van der Waals surface area contributed by atoms with Crippen molar-refractivity contribution in [2.24, 2.45) is 0 Å². The van der Waals surface area contributed by atoms with Gasteiger partial charge in [-0.3, -0.25) is 10.1 Å². The van der Waals surface area contributed by atoms with Crippen LogP contribution in [0, 0.1) is 17.0 Å². The summed E-state index contributed by atoms with van der Waals surface area (Å²) in [6, 6.07) is 15.2. The van der Waals surface area contributed by atoms with Crippen LogP contribution in [0.2, 0.25) is 0 Å². The number of rotatable bonds is 5. The van der Waals surface area contributed by atoms with Gasteiger partial charge in [-0.1, -0.05) is 36.4 Å². The number of nitrogens with zero attached hydrogens (tertiary/aromatic N) is 1. The maximum atomic E-state index is 10.8. The first-order valence-corrected chi connectivity index (χ1v) is 7.05. The molecule has 1 unspecified atom stereocenters. The SMILES string of the molecule is Cc1ccccc1[C@H](C)NC(C)c1cccc([N+](=O)[O-])c1. The van der Waals surface area contributed by atoms with Crippen LogP contribution >= 0.6 is 0 Å². The quantitative estimate of drug-likeness (QED) is 0.657. The van der Waals surface area contributed by atoms with Crippen LogP contribution in [0.15, 0.2) is 48.5 Å². The monoisotopic (exact) mass is 284 g/mol. The lowest BCUT2D eigenvalue weighted by atomic mass is 10.0. The van der Waals surface area contributed by atoms with E-state index in [4.69, 9.17) is 0 Å². The van der Waals surface area contributed by atoms with E-state index in [1.54, 1.807) is 12.1 Å². The Morgan fingerprint density at radius 2 is 1.76 bits per heavy atom.